The molecular formula is C17H24N3O+. The number of aromatic nitrogens is 2. The highest BCUT2D eigenvalue weighted by Gasteiger charge is 2.23. The summed E-state index contributed by atoms with van der Waals surface area (Å²) < 4.78 is 3.74. The van der Waals surface area contributed by atoms with Gasteiger partial charge in [-0.2, -0.15) is 9.99 Å². The van der Waals surface area contributed by atoms with Crippen LogP contribution in [0.1, 0.15) is 37.5 Å². The molecule has 1 aromatic carbocycles. The number of carbonyl (C=O) groups excluding carboxylic acids is 1. The monoisotopic (exact) mass is 286 g/mol. The summed E-state index contributed by atoms with van der Waals surface area (Å²) in [5.41, 5.74) is 7.32. The van der Waals surface area contributed by atoms with E-state index in [4.69, 9.17) is 0 Å². The van der Waals surface area contributed by atoms with E-state index in [1.807, 2.05) is 44.1 Å². The first-order valence-corrected chi connectivity index (χ1v) is 7.17. The smallest absolute Gasteiger partial charge is 0.271 e. The highest BCUT2D eigenvalue weighted by Crippen LogP contribution is 2.16. The van der Waals surface area contributed by atoms with Gasteiger partial charge in [0.2, 0.25) is 0 Å². The summed E-state index contributed by atoms with van der Waals surface area (Å²) in [4.78, 5) is 12.0. The molecule has 0 spiro atoms. The third-order valence-corrected chi connectivity index (χ3v) is 3.44. The molecule has 2 aromatic rings. The van der Waals surface area contributed by atoms with Crippen LogP contribution in [0.2, 0.25) is 0 Å². The van der Waals surface area contributed by atoms with Crippen LogP contribution in [0.15, 0.2) is 30.9 Å². The first-order valence-electron chi connectivity index (χ1n) is 7.17. The largest absolute Gasteiger partial charge is 0.272 e. The molecule has 1 amide bonds. The summed E-state index contributed by atoms with van der Waals surface area (Å²) in [6, 6.07) is 4.33. The molecule has 1 N–H and O–H groups in total. The van der Waals surface area contributed by atoms with Crippen molar-refractivity contribution < 1.29 is 9.36 Å². The average Bonchev–Trinajstić information content (AvgIpc) is 2.74. The van der Waals surface area contributed by atoms with E-state index in [0.717, 1.165) is 5.69 Å². The summed E-state index contributed by atoms with van der Waals surface area (Å²) in [7, 11) is 0. The maximum Gasteiger partial charge on any atom is 0.272 e. The fourth-order valence-electron chi connectivity index (χ4n) is 2.42. The first-order chi connectivity index (χ1) is 9.68. The zero-order chi connectivity index (χ0) is 15.8. The lowest BCUT2D eigenvalue weighted by Gasteiger charge is -2.14. The Morgan fingerprint density at radius 3 is 2.24 bits per heavy atom. The first kappa shape index (κ1) is 15.3. The molecule has 0 saturated heterocycles. The molecule has 2 rings (SSSR count). The lowest BCUT2D eigenvalue weighted by molar-refractivity contribution is -0.595. The van der Waals surface area contributed by atoms with Crippen LogP contribution in [0.25, 0.3) is 5.69 Å². The van der Waals surface area contributed by atoms with Crippen molar-refractivity contribution in [2.75, 3.05) is 5.43 Å². The number of amides is 1. The van der Waals surface area contributed by atoms with E-state index in [1.165, 1.54) is 16.7 Å². The molecule has 21 heavy (non-hydrogen) atoms. The molecule has 0 unspecified atom stereocenters. The molecule has 0 atom stereocenters. The number of hydrogen-bond donors (Lipinski definition) is 1. The van der Waals surface area contributed by atoms with E-state index < -0.39 is 5.41 Å². The topological polar surface area (TPSA) is 37.9 Å². The Balaban J connectivity index is 2.31. The number of benzene rings is 1. The maximum atomic E-state index is 12.0. The Bertz CT molecular complexity index is 655. The molecule has 0 saturated carbocycles. The molecular weight excluding hydrogens is 262 g/mol. The van der Waals surface area contributed by atoms with Crippen molar-refractivity contribution in [3.05, 3.63) is 47.5 Å². The predicted molar refractivity (Wildman–Crippen MR) is 84.0 cm³/mol. The van der Waals surface area contributed by atoms with E-state index in [2.05, 4.69) is 38.3 Å². The summed E-state index contributed by atoms with van der Waals surface area (Å²) in [5, 5.41) is 0. The van der Waals surface area contributed by atoms with Crippen LogP contribution in [0.5, 0.6) is 0 Å². The van der Waals surface area contributed by atoms with E-state index in [-0.39, 0.29) is 5.91 Å². The summed E-state index contributed by atoms with van der Waals surface area (Å²) in [5.74, 6) is -0.0115. The normalized spacial score (nSPS) is 11.5. The highest BCUT2D eigenvalue weighted by molar-refractivity contribution is 5.88. The van der Waals surface area contributed by atoms with Gasteiger partial charge in [-0.15, -0.1) is 4.68 Å². The molecule has 0 radical (unpaired) electrons. The van der Waals surface area contributed by atoms with Crippen molar-refractivity contribution in [3.8, 4) is 5.69 Å². The number of hydrogen-bond acceptors (Lipinski definition) is 1. The zero-order valence-corrected chi connectivity index (χ0v) is 13.7. The summed E-state index contributed by atoms with van der Waals surface area (Å²) in [6.07, 6.45) is 5.68. The standard InChI is InChI=1S/C17H23N3O/c1-12-9-13(2)15(14(3)10-12)19-7-8-20(11-19)18-16(21)17(4,5)6/h7-11H,1-6H3/p+1. The van der Waals surface area contributed by atoms with Gasteiger partial charge in [0.05, 0.1) is 0 Å². The lowest BCUT2D eigenvalue weighted by atomic mass is 9.96. The SMILES string of the molecule is Cc1cc(C)c(-[n+]2ccn(NC(=O)C(C)(C)C)c2)c(C)c1. The van der Waals surface area contributed by atoms with Gasteiger partial charge in [-0.25, -0.2) is 0 Å². The molecule has 1 heterocycles. The minimum absolute atomic E-state index is 0.0115. The predicted octanol–water partition coefficient (Wildman–Crippen LogP) is 2.81. The van der Waals surface area contributed by atoms with Crippen molar-refractivity contribution in [2.45, 2.75) is 41.5 Å². The second kappa shape index (κ2) is 5.35. The van der Waals surface area contributed by atoms with Crippen LogP contribution in [0.3, 0.4) is 0 Å². The fraction of sp³-hybridized carbons (Fsp3) is 0.412. The van der Waals surface area contributed by atoms with E-state index in [1.54, 1.807) is 4.68 Å². The highest BCUT2D eigenvalue weighted by atomic mass is 16.2. The number of rotatable bonds is 2. The zero-order valence-electron chi connectivity index (χ0n) is 13.7. The maximum absolute atomic E-state index is 12.0. The van der Waals surface area contributed by atoms with E-state index in [0.29, 0.717) is 0 Å². The van der Waals surface area contributed by atoms with Crippen LogP contribution in [0.4, 0.5) is 0 Å². The van der Waals surface area contributed by atoms with Gasteiger partial charge in [0, 0.05) is 5.41 Å². The van der Waals surface area contributed by atoms with Crippen molar-refractivity contribution in [1.82, 2.24) is 4.68 Å². The van der Waals surface area contributed by atoms with Gasteiger partial charge >= 0.3 is 0 Å². The number of carbonyl (C=O) groups is 1. The molecule has 1 aromatic heterocycles. The lowest BCUT2D eigenvalue weighted by Crippen LogP contribution is -2.35. The van der Waals surface area contributed by atoms with Crippen LogP contribution in [-0.4, -0.2) is 10.6 Å². The average molecular weight is 286 g/mol. The van der Waals surface area contributed by atoms with Gasteiger partial charge < -0.3 is 0 Å². The third kappa shape index (κ3) is 3.32. The molecule has 112 valence electrons. The van der Waals surface area contributed by atoms with Gasteiger partial charge in [0.1, 0.15) is 11.9 Å². The van der Waals surface area contributed by atoms with Gasteiger partial charge in [-0.05, 0) is 31.9 Å². The van der Waals surface area contributed by atoms with Gasteiger partial charge in [-0.1, -0.05) is 38.5 Å². The van der Waals surface area contributed by atoms with Crippen LogP contribution >= 0.6 is 0 Å². The van der Waals surface area contributed by atoms with Crippen molar-refractivity contribution >= 4 is 5.91 Å². The third-order valence-electron chi connectivity index (χ3n) is 3.44. The molecule has 4 heteroatoms. The Kier molecular flexibility index (Phi) is 3.90. The fourth-order valence-corrected chi connectivity index (χ4v) is 2.42. The van der Waals surface area contributed by atoms with Crippen LogP contribution in [-0.2, 0) is 4.79 Å². The van der Waals surface area contributed by atoms with E-state index >= 15 is 0 Å². The molecule has 0 aliphatic rings. The number of aryl methyl sites for hydroxylation is 3. The quantitative estimate of drug-likeness (QED) is 0.847. The van der Waals surface area contributed by atoms with Crippen molar-refractivity contribution in [1.29, 1.82) is 0 Å². The number of imidazole rings is 1. The molecule has 0 aliphatic carbocycles. The van der Waals surface area contributed by atoms with Crippen molar-refractivity contribution in [2.24, 2.45) is 5.41 Å². The minimum atomic E-state index is -0.412. The number of nitrogens with zero attached hydrogens (tertiary/aromatic N) is 2. The Morgan fingerprint density at radius 1 is 1.14 bits per heavy atom. The summed E-state index contributed by atoms with van der Waals surface area (Å²) >= 11 is 0. The molecule has 0 fully saturated rings. The minimum Gasteiger partial charge on any atom is -0.271 e. The molecule has 0 bridgehead atoms. The van der Waals surface area contributed by atoms with Crippen LogP contribution in [0, 0.1) is 26.2 Å². The second-order valence-corrected chi connectivity index (χ2v) is 6.67. The Morgan fingerprint density at radius 2 is 1.71 bits per heavy atom. The molecule has 0 aliphatic heterocycles. The van der Waals surface area contributed by atoms with E-state index in [9.17, 15) is 4.79 Å². The second-order valence-electron chi connectivity index (χ2n) is 6.67. The van der Waals surface area contributed by atoms with Crippen molar-refractivity contribution in [3.63, 3.8) is 0 Å². The number of nitrogens with one attached hydrogen (secondary N) is 1. The van der Waals surface area contributed by atoms with Gasteiger partial charge in [0.25, 0.3) is 12.2 Å². The Labute approximate surface area is 126 Å². The molecule has 4 nitrogen and oxygen atoms in total. The summed E-state index contributed by atoms with van der Waals surface area (Å²) in [6.45, 7) is 12.0. The Hall–Kier alpha value is -2.10. The van der Waals surface area contributed by atoms with Gasteiger partial charge in [0.15, 0.2) is 6.20 Å². The van der Waals surface area contributed by atoms with Crippen LogP contribution < -0.4 is 9.99 Å². The van der Waals surface area contributed by atoms with Gasteiger partial charge in [-0.3, -0.25) is 4.79 Å².